The Hall–Kier alpha value is -2.82. The van der Waals surface area contributed by atoms with Crippen LogP contribution >= 0.6 is 0 Å². The lowest BCUT2D eigenvalue weighted by Crippen LogP contribution is -2.40. The Bertz CT molecular complexity index is 748. The maximum absolute atomic E-state index is 12.2. The third kappa shape index (κ3) is 5.12. The van der Waals surface area contributed by atoms with Crippen LogP contribution in [0, 0.1) is 0 Å². The van der Waals surface area contributed by atoms with E-state index in [1.54, 1.807) is 30.3 Å². The van der Waals surface area contributed by atoms with Crippen molar-refractivity contribution in [2.24, 2.45) is 0 Å². The highest BCUT2D eigenvalue weighted by Crippen LogP contribution is 2.14. The van der Waals surface area contributed by atoms with Crippen molar-refractivity contribution in [3.05, 3.63) is 65.2 Å². The van der Waals surface area contributed by atoms with E-state index in [9.17, 15) is 9.59 Å². The number of benzene rings is 2. The predicted octanol–water partition coefficient (Wildman–Crippen LogP) is 3.53. The number of hydrogen-bond acceptors (Lipinski definition) is 3. The number of carbonyl (C=O) groups is 2. The van der Waals surface area contributed by atoms with Crippen molar-refractivity contribution in [3.8, 4) is 0 Å². The minimum absolute atomic E-state index is 0.126. The minimum Gasteiger partial charge on any atom is -0.478 e. The number of aromatic carboxylic acids is 1. The fourth-order valence-corrected chi connectivity index (χ4v) is 2.20. The van der Waals surface area contributed by atoms with E-state index in [1.807, 2.05) is 39.0 Å². The van der Waals surface area contributed by atoms with Crippen LogP contribution in [0.5, 0.6) is 0 Å². The molecule has 0 spiro atoms. The zero-order valence-electron chi connectivity index (χ0n) is 14.1. The van der Waals surface area contributed by atoms with Crippen LogP contribution in [0.15, 0.2) is 48.5 Å². The van der Waals surface area contributed by atoms with E-state index in [2.05, 4.69) is 10.6 Å². The van der Waals surface area contributed by atoms with Crippen molar-refractivity contribution < 1.29 is 14.7 Å². The summed E-state index contributed by atoms with van der Waals surface area (Å²) in [5.74, 6) is -1.07. The number of carboxylic acids is 1. The molecule has 0 aliphatic heterocycles. The molecule has 1 amide bonds. The van der Waals surface area contributed by atoms with E-state index in [0.717, 1.165) is 11.3 Å². The van der Waals surface area contributed by atoms with Crippen LogP contribution < -0.4 is 10.6 Å². The minimum atomic E-state index is -0.947. The second-order valence-corrected chi connectivity index (χ2v) is 6.64. The van der Waals surface area contributed by atoms with E-state index >= 15 is 0 Å². The molecular weight excluding hydrogens is 304 g/mol. The van der Waals surface area contributed by atoms with Crippen molar-refractivity contribution in [2.45, 2.75) is 32.9 Å². The lowest BCUT2D eigenvalue weighted by atomic mass is 10.1. The molecule has 0 saturated heterocycles. The van der Waals surface area contributed by atoms with Gasteiger partial charge in [0.2, 0.25) is 0 Å². The summed E-state index contributed by atoms with van der Waals surface area (Å²) in [6.45, 7) is 6.28. The zero-order valence-corrected chi connectivity index (χ0v) is 14.1. The molecule has 0 aliphatic rings. The van der Waals surface area contributed by atoms with Gasteiger partial charge in [-0.05, 0) is 56.7 Å². The van der Waals surface area contributed by atoms with Gasteiger partial charge in [0.1, 0.15) is 0 Å². The zero-order chi connectivity index (χ0) is 17.7. The number of nitrogens with one attached hydrogen (secondary N) is 2. The number of anilines is 1. The number of hydrogen-bond donors (Lipinski definition) is 3. The quantitative estimate of drug-likeness (QED) is 0.785. The molecule has 0 fully saturated rings. The summed E-state index contributed by atoms with van der Waals surface area (Å²) in [4.78, 5) is 23.2. The van der Waals surface area contributed by atoms with E-state index < -0.39 is 5.97 Å². The van der Waals surface area contributed by atoms with Gasteiger partial charge in [0.25, 0.3) is 5.91 Å². The van der Waals surface area contributed by atoms with Gasteiger partial charge in [-0.1, -0.05) is 18.2 Å². The molecule has 0 aliphatic carbocycles. The highest BCUT2D eigenvalue weighted by atomic mass is 16.4. The fraction of sp³-hybridized carbons (Fsp3) is 0.263. The second-order valence-electron chi connectivity index (χ2n) is 6.64. The average Bonchev–Trinajstić information content (AvgIpc) is 2.52. The summed E-state index contributed by atoms with van der Waals surface area (Å²) in [5.41, 5.74) is 2.20. The van der Waals surface area contributed by atoms with Gasteiger partial charge in [0, 0.05) is 23.3 Å². The SMILES string of the molecule is CC(C)(C)NC(=O)c1cccc(NCc2cccc(C(=O)O)c2)c1. The maximum atomic E-state index is 12.2. The summed E-state index contributed by atoms with van der Waals surface area (Å²) < 4.78 is 0. The molecule has 24 heavy (non-hydrogen) atoms. The largest absolute Gasteiger partial charge is 0.478 e. The average molecular weight is 326 g/mol. The first-order valence-corrected chi connectivity index (χ1v) is 7.73. The lowest BCUT2D eigenvalue weighted by Gasteiger charge is -2.20. The Morgan fingerprint density at radius 2 is 1.67 bits per heavy atom. The van der Waals surface area contributed by atoms with Gasteiger partial charge in [-0.3, -0.25) is 4.79 Å². The van der Waals surface area contributed by atoms with Crippen molar-refractivity contribution in [3.63, 3.8) is 0 Å². The van der Waals surface area contributed by atoms with E-state index in [-0.39, 0.29) is 17.0 Å². The van der Waals surface area contributed by atoms with Crippen molar-refractivity contribution in [1.82, 2.24) is 5.32 Å². The highest BCUT2D eigenvalue weighted by Gasteiger charge is 2.15. The molecule has 5 nitrogen and oxygen atoms in total. The normalized spacial score (nSPS) is 11.0. The van der Waals surface area contributed by atoms with Crippen LogP contribution in [0.2, 0.25) is 0 Å². The first-order valence-electron chi connectivity index (χ1n) is 7.73. The van der Waals surface area contributed by atoms with E-state index in [0.29, 0.717) is 12.1 Å². The van der Waals surface area contributed by atoms with Gasteiger partial charge in [-0.25, -0.2) is 4.79 Å². The summed E-state index contributed by atoms with van der Waals surface area (Å²) in [7, 11) is 0. The van der Waals surface area contributed by atoms with Crippen LogP contribution in [-0.2, 0) is 6.54 Å². The molecule has 2 rings (SSSR count). The fourth-order valence-electron chi connectivity index (χ4n) is 2.20. The topological polar surface area (TPSA) is 78.4 Å². The summed E-state index contributed by atoms with van der Waals surface area (Å²) in [6, 6.07) is 14.0. The molecule has 2 aromatic carbocycles. The third-order valence-electron chi connectivity index (χ3n) is 3.28. The van der Waals surface area contributed by atoms with Crippen molar-refractivity contribution >= 4 is 17.6 Å². The third-order valence-corrected chi connectivity index (χ3v) is 3.28. The van der Waals surface area contributed by atoms with Gasteiger partial charge in [-0.2, -0.15) is 0 Å². The van der Waals surface area contributed by atoms with Gasteiger partial charge in [0.15, 0.2) is 0 Å². The van der Waals surface area contributed by atoms with Crippen LogP contribution in [-0.4, -0.2) is 22.5 Å². The lowest BCUT2D eigenvalue weighted by molar-refractivity contribution is 0.0696. The standard InChI is InChI=1S/C19H22N2O3/c1-19(2,3)21-17(22)14-7-5-9-16(11-14)20-12-13-6-4-8-15(10-13)18(23)24/h4-11,20H,12H2,1-3H3,(H,21,22)(H,23,24). The number of amides is 1. The Morgan fingerprint density at radius 1 is 1.00 bits per heavy atom. The Morgan fingerprint density at radius 3 is 2.33 bits per heavy atom. The molecule has 0 bridgehead atoms. The van der Waals surface area contributed by atoms with E-state index in [1.165, 1.54) is 0 Å². The molecule has 126 valence electrons. The molecule has 2 aromatic rings. The first kappa shape index (κ1) is 17.5. The molecule has 0 unspecified atom stereocenters. The van der Waals surface area contributed by atoms with Gasteiger partial charge in [-0.15, -0.1) is 0 Å². The maximum Gasteiger partial charge on any atom is 0.335 e. The Kier molecular flexibility index (Phi) is 5.24. The van der Waals surface area contributed by atoms with Gasteiger partial charge < -0.3 is 15.7 Å². The van der Waals surface area contributed by atoms with Gasteiger partial charge in [0.05, 0.1) is 5.56 Å². The number of carboxylic acid groups (broad SMARTS) is 1. The van der Waals surface area contributed by atoms with Crippen LogP contribution in [0.4, 0.5) is 5.69 Å². The van der Waals surface area contributed by atoms with Crippen LogP contribution in [0.25, 0.3) is 0 Å². The van der Waals surface area contributed by atoms with Crippen molar-refractivity contribution in [1.29, 1.82) is 0 Å². The van der Waals surface area contributed by atoms with Gasteiger partial charge >= 0.3 is 5.97 Å². The van der Waals surface area contributed by atoms with Crippen LogP contribution in [0.1, 0.15) is 47.1 Å². The molecule has 0 saturated carbocycles. The van der Waals surface area contributed by atoms with E-state index in [4.69, 9.17) is 5.11 Å². The molecule has 0 heterocycles. The predicted molar refractivity (Wildman–Crippen MR) is 94.4 cm³/mol. The molecular formula is C19H22N2O3. The Balaban J connectivity index is 2.06. The van der Waals surface area contributed by atoms with Crippen LogP contribution in [0.3, 0.4) is 0 Å². The summed E-state index contributed by atoms with van der Waals surface area (Å²) in [6.07, 6.45) is 0. The molecule has 3 N–H and O–H groups in total. The molecule has 5 heteroatoms. The molecule has 0 atom stereocenters. The highest BCUT2D eigenvalue weighted by molar-refractivity contribution is 5.95. The van der Waals surface area contributed by atoms with Crippen molar-refractivity contribution in [2.75, 3.05) is 5.32 Å². The molecule has 0 aromatic heterocycles. The number of carbonyl (C=O) groups excluding carboxylic acids is 1. The summed E-state index contributed by atoms with van der Waals surface area (Å²) in [5, 5.41) is 15.2. The monoisotopic (exact) mass is 326 g/mol. The smallest absolute Gasteiger partial charge is 0.335 e. The second kappa shape index (κ2) is 7.17. The summed E-state index contributed by atoms with van der Waals surface area (Å²) >= 11 is 0. The first-order chi connectivity index (χ1) is 11.2. The number of rotatable bonds is 5. The molecule has 0 radical (unpaired) electrons. The Labute approximate surface area is 141 Å².